The highest BCUT2D eigenvalue weighted by atomic mass is 16.4. The van der Waals surface area contributed by atoms with Crippen molar-refractivity contribution >= 4 is 5.97 Å². The number of hydrogen-bond donors (Lipinski definition) is 1. The quantitative estimate of drug-likeness (QED) is 0.864. The number of aliphatic carboxylic acids is 1. The minimum absolute atomic E-state index is 0.191. The van der Waals surface area contributed by atoms with Gasteiger partial charge in [-0.2, -0.15) is 0 Å². The van der Waals surface area contributed by atoms with Crippen LogP contribution in [0.3, 0.4) is 0 Å². The molecule has 3 heteroatoms. The van der Waals surface area contributed by atoms with E-state index in [1.54, 1.807) is 0 Å². The maximum absolute atomic E-state index is 11.7. The minimum Gasteiger partial charge on any atom is -0.480 e. The van der Waals surface area contributed by atoms with E-state index in [-0.39, 0.29) is 6.04 Å². The van der Waals surface area contributed by atoms with Crippen molar-refractivity contribution in [3.8, 4) is 0 Å². The van der Waals surface area contributed by atoms with Crippen molar-refractivity contribution in [3.05, 3.63) is 0 Å². The number of nitrogens with zero attached hydrogens (tertiary/aromatic N) is 1. The third kappa shape index (κ3) is 2.52. The molecule has 0 aromatic heterocycles. The van der Waals surface area contributed by atoms with Crippen LogP contribution in [0, 0.1) is 23.7 Å². The summed E-state index contributed by atoms with van der Waals surface area (Å²) in [5, 5.41) is 9.66. The van der Waals surface area contributed by atoms with Gasteiger partial charge in [0, 0.05) is 12.6 Å². The van der Waals surface area contributed by atoms with Crippen LogP contribution < -0.4 is 0 Å². The molecule has 3 saturated carbocycles. The first-order valence-electron chi connectivity index (χ1n) is 9.21. The van der Waals surface area contributed by atoms with Crippen LogP contribution in [0.2, 0.25) is 0 Å². The van der Waals surface area contributed by atoms with E-state index in [4.69, 9.17) is 0 Å². The molecule has 0 aromatic carbocycles. The molecule has 3 nitrogen and oxygen atoms in total. The zero-order valence-electron chi connectivity index (χ0n) is 13.0. The molecule has 0 amide bonds. The number of piperidine rings is 1. The Balaban J connectivity index is 1.51. The van der Waals surface area contributed by atoms with Gasteiger partial charge in [-0.05, 0) is 68.6 Å². The maximum atomic E-state index is 11.7. The van der Waals surface area contributed by atoms with Crippen LogP contribution in [0.5, 0.6) is 0 Å². The van der Waals surface area contributed by atoms with Crippen molar-refractivity contribution in [1.82, 2.24) is 4.90 Å². The highest BCUT2D eigenvalue weighted by Crippen LogP contribution is 2.49. The van der Waals surface area contributed by atoms with Gasteiger partial charge in [0.2, 0.25) is 0 Å². The lowest BCUT2D eigenvalue weighted by Crippen LogP contribution is -2.56. The second-order valence-corrected chi connectivity index (χ2v) is 8.18. The molecule has 1 saturated heterocycles. The van der Waals surface area contributed by atoms with Gasteiger partial charge in [0.15, 0.2) is 0 Å². The van der Waals surface area contributed by atoms with E-state index in [1.807, 2.05) is 0 Å². The molecule has 0 spiro atoms. The Morgan fingerprint density at radius 1 is 0.952 bits per heavy atom. The first-order chi connectivity index (χ1) is 10.2. The van der Waals surface area contributed by atoms with Gasteiger partial charge in [-0.15, -0.1) is 0 Å². The Morgan fingerprint density at radius 3 is 2.48 bits per heavy atom. The third-order valence-electron chi connectivity index (χ3n) is 7.12. The summed E-state index contributed by atoms with van der Waals surface area (Å²) in [4.78, 5) is 14.2. The predicted octanol–water partition coefficient (Wildman–Crippen LogP) is 3.53. The van der Waals surface area contributed by atoms with Gasteiger partial charge in [0.05, 0.1) is 0 Å². The fourth-order valence-electron chi connectivity index (χ4n) is 6.13. The number of carboxylic acids is 1. The summed E-state index contributed by atoms with van der Waals surface area (Å²) in [6, 6.07) is 0.385. The van der Waals surface area contributed by atoms with E-state index < -0.39 is 5.97 Å². The van der Waals surface area contributed by atoms with Crippen molar-refractivity contribution < 1.29 is 9.90 Å². The fraction of sp³-hybridized carbons (Fsp3) is 0.944. The zero-order chi connectivity index (χ0) is 14.4. The van der Waals surface area contributed by atoms with Crippen molar-refractivity contribution in [2.75, 3.05) is 6.54 Å². The van der Waals surface area contributed by atoms with Gasteiger partial charge < -0.3 is 5.11 Å². The summed E-state index contributed by atoms with van der Waals surface area (Å²) in [5.41, 5.74) is 0. The molecule has 6 unspecified atom stereocenters. The van der Waals surface area contributed by atoms with E-state index >= 15 is 0 Å². The van der Waals surface area contributed by atoms with E-state index in [9.17, 15) is 9.90 Å². The summed E-state index contributed by atoms with van der Waals surface area (Å²) in [6.45, 7) is 1.08. The van der Waals surface area contributed by atoms with Gasteiger partial charge in [0.25, 0.3) is 0 Å². The molecular formula is C18H29NO2. The van der Waals surface area contributed by atoms with Crippen LogP contribution in [0.25, 0.3) is 0 Å². The average molecular weight is 291 g/mol. The molecule has 1 N–H and O–H groups in total. The number of carboxylic acid groups (broad SMARTS) is 1. The molecule has 118 valence electrons. The van der Waals surface area contributed by atoms with Gasteiger partial charge in [-0.3, -0.25) is 9.69 Å². The number of rotatable bonds is 3. The Labute approximate surface area is 128 Å². The molecule has 0 radical (unpaired) electrons. The van der Waals surface area contributed by atoms with Crippen molar-refractivity contribution in [2.45, 2.75) is 76.3 Å². The monoisotopic (exact) mass is 291 g/mol. The van der Waals surface area contributed by atoms with Crippen molar-refractivity contribution in [3.63, 3.8) is 0 Å². The Kier molecular flexibility index (Phi) is 3.72. The summed E-state index contributed by atoms with van der Waals surface area (Å²) in [5.74, 6) is 2.89. The van der Waals surface area contributed by atoms with Crippen molar-refractivity contribution in [1.29, 1.82) is 0 Å². The molecule has 4 rings (SSSR count). The Hall–Kier alpha value is -0.570. The van der Waals surface area contributed by atoms with E-state index in [0.29, 0.717) is 6.04 Å². The number of carbonyl (C=O) groups is 1. The third-order valence-corrected chi connectivity index (χ3v) is 7.12. The molecule has 2 bridgehead atoms. The second-order valence-electron chi connectivity index (χ2n) is 8.18. The summed E-state index contributed by atoms with van der Waals surface area (Å²) < 4.78 is 0. The van der Waals surface area contributed by atoms with Gasteiger partial charge in [0.1, 0.15) is 6.04 Å². The lowest BCUT2D eigenvalue weighted by atomic mass is 9.75. The molecule has 6 atom stereocenters. The lowest BCUT2D eigenvalue weighted by molar-refractivity contribution is -0.149. The molecule has 1 aliphatic heterocycles. The molecule has 1 heterocycles. The van der Waals surface area contributed by atoms with Crippen LogP contribution >= 0.6 is 0 Å². The summed E-state index contributed by atoms with van der Waals surface area (Å²) in [6.07, 6.45) is 13.0. The smallest absolute Gasteiger partial charge is 0.320 e. The largest absolute Gasteiger partial charge is 0.480 e. The molecule has 21 heavy (non-hydrogen) atoms. The predicted molar refractivity (Wildman–Crippen MR) is 82.0 cm³/mol. The number of fused-ring (bicyclic) bond motifs is 3. The van der Waals surface area contributed by atoms with E-state index in [1.165, 1.54) is 51.4 Å². The fourth-order valence-corrected chi connectivity index (χ4v) is 6.13. The first-order valence-corrected chi connectivity index (χ1v) is 9.21. The topological polar surface area (TPSA) is 40.5 Å². The van der Waals surface area contributed by atoms with Crippen LogP contribution in [-0.2, 0) is 4.79 Å². The van der Waals surface area contributed by atoms with Gasteiger partial charge in [-0.25, -0.2) is 0 Å². The number of likely N-dealkylation sites (tertiary alicyclic amines) is 1. The minimum atomic E-state index is -0.567. The highest BCUT2D eigenvalue weighted by Gasteiger charge is 2.45. The number of hydrogen-bond acceptors (Lipinski definition) is 2. The Morgan fingerprint density at radius 2 is 1.76 bits per heavy atom. The molecular weight excluding hydrogens is 262 g/mol. The van der Waals surface area contributed by atoms with Crippen molar-refractivity contribution in [2.24, 2.45) is 23.7 Å². The van der Waals surface area contributed by atoms with E-state index in [2.05, 4.69) is 4.90 Å². The molecule has 4 aliphatic rings. The normalized spacial score (nSPS) is 46.5. The van der Waals surface area contributed by atoms with Gasteiger partial charge >= 0.3 is 5.97 Å². The molecule has 0 aromatic rings. The zero-order valence-corrected chi connectivity index (χ0v) is 13.0. The van der Waals surface area contributed by atoms with Crippen LogP contribution in [0.15, 0.2) is 0 Å². The van der Waals surface area contributed by atoms with E-state index in [0.717, 1.165) is 43.1 Å². The summed E-state index contributed by atoms with van der Waals surface area (Å²) >= 11 is 0. The highest BCUT2D eigenvalue weighted by molar-refractivity contribution is 5.73. The SMILES string of the molecule is O=C(O)C1CCC2CCCCC2N1CC1CC2CCC1C2. The molecule has 3 aliphatic carbocycles. The first kappa shape index (κ1) is 14.0. The van der Waals surface area contributed by atoms with Crippen LogP contribution in [-0.4, -0.2) is 34.6 Å². The average Bonchev–Trinajstić information content (AvgIpc) is 3.10. The maximum Gasteiger partial charge on any atom is 0.320 e. The molecule has 4 fully saturated rings. The summed E-state index contributed by atoms with van der Waals surface area (Å²) in [7, 11) is 0. The van der Waals surface area contributed by atoms with Gasteiger partial charge in [-0.1, -0.05) is 19.3 Å². The second kappa shape index (κ2) is 5.57. The van der Waals surface area contributed by atoms with Crippen LogP contribution in [0.1, 0.15) is 64.2 Å². The Bertz CT molecular complexity index is 410. The van der Waals surface area contributed by atoms with Crippen LogP contribution in [0.4, 0.5) is 0 Å². The standard InChI is InChI=1S/C18H29NO2/c20-18(21)17-8-7-13-3-1-2-4-16(13)19(17)11-15-10-12-5-6-14(15)9-12/h12-17H,1-11H2,(H,20,21). The lowest BCUT2D eigenvalue weighted by Gasteiger charge is -2.48.